The first-order valence-corrected chi connectivity index (χ1v) is 13.6. The number of anilines is 2. The van der Waals surface area contributed by atoms with Crippen LogP contribution in [0.15, 0.2) is 64.9 Å². The van der Waals surface area contributed by atoms with E-state index in [1.807, 2.05) is 0 Å². The first-order chi connectivity index (χ1) is 19.2. The number of amides is 1. The minimum Gasteiger partial charge on any atom is -0.463 e. The van der Waals surface area contributed by atoms with E-state index in [1.54, 1.807) is 43.9 Å². The molecule has 10 heteroatoms. The Hall–Kier alpha value is -3.98. The molecule has 0 fully saturated rings. The molecule has 0 N–H and O–H groups in total. The third-order valence-corrected chi connectivity index (χ3v) is 7.64. The number of ether oxygens (including phenoxy) is 2. The molecule has 1 amide bonds. The number of carbonyl (C=O) groups excluding carboxylic acids is 4. The fourth-order valence-electron chi connectivity index (χ4n) is 5.98. The van der Waals surface area contributed by atoms with Crippen LogP contribution >= 0.6 is 11.6 Å². The number of nitrogens with zero attached hydrogens (tertiary/aromatic N) is 2. The quantitative estimate of drug-likeness (QED) is 0.455. The van der Waals surface area contributed by atoms with Gasteiger partial charge in [0, 0.05) is 34.9 Å². The van der Waals surface area contributed by atoms with Gasteiger partial charge in [0.25, 0.3) is 5.91 Å². The van der Waals surface area contributed by atoms with Crippen molar-refractivity contribution in [1.82, 2.24) is 0 Å². The number of halogens is 2. The minimum atomic E-state index is -1.99. The zero-order valence-corrected chi connectivity index (χ0v) is 23.1. The summed E-state index contributed by atoms with van der Waals surface area (Å²) in [5, 5.41) is 0.295. The molecule has 1 atom stereocenters. The summed E-state index contributed by atoms with van der Waals surface area (Å²) >= 11 is 6.49. The SMILES string of the molecule is CCOC(=O)C1=C(C(=O)OCC)C2(C(=O)N(CC)c3ccc(Cl)cc32)N(c2ccc(F)cc2)C2=C1C(=O)CCC2. The number of Topliss-reactive ketones (excluding diaryl/α,β-unsaturated/α-hetero) is 1. The molecule has 0 bridgehead atoms. The van der Waals surface area contributed by atoms with Gasteiger partial charge in [0.05, 0.1) is 35.6 Å². The molecule has 0 radical (unpaired) electrons. The van der Waals surface area contributed by atoms with E-state index in [2.05, 4.69) is 0 Å². The largest absolute Gasteiger partial charge is 0.463 e. The highest BCUT2D eigenvalue weighted by Gasteiger charge is 2.64. The lowest BCUT2D eigenvalue weighted by atomic mass is 9.71. The molecule has 1 spiro atoms. The van der Waals surface area contributed by atoms with Crippen molar-refractivity contribution in [3.8, 4) is 0 Å². The Labute approximate surface area is 236 Å². The van der Waals surface area contributed by atoms with E-state index in [1.165, 1.54) is 29.2 Å². The maximum Gasteiger partial charge on any atom is 0.339 e. The second kappa shape index (κ2) is 10.5. The lowest BCUT2D eigenvalue weighted by Crippen LogP contribution is -2.59. The number of esters is 2. The molecule has 1 unspecified atom stereocenters. The molecule has 2 heterocycles. The molecule has 1 aliphatic carbocycles. The highest BCUT2D eigenvalue weighted by molar-refractivity contribution is 6.31. The number of benzene rings is 2. The van der Waals surface area contributed by atoms with E-state index < -0.39 is 29.2 Å². The molecule has 0 saturated heterocycles. The maximum absolute atomic E-state index is 14.8. The van der Waals surface area contributed by atoms with Crippen LogP contribution in [-0.2, 0) is 34.2 Å². The summed E-state index contributed by atoms with van der Waals surface area (Å²) in [5.41, 5.74) is -1.04. The lowest BCUT2D eigenvalue weighted by molar-refractivity contribution is -0.143. The molecule has 8 nitrogen and oxygen atoms in total. The summed E-state index contributed by atoms with van der Waals surface area (Å²) in [5.74, 6) is -3.26. The molecule has 2 aliphatic heterocycles. The van der Waals surface area contributed by atoms with Gasteiger partial charge >= 0.3 is 11.9 Å². The third kappa shape index (κ3) is 3.94. The summed E-state index contributed by atoms with van der Waals surface area (Å²) in [6, 6.07) is 10.3. The summed E-state index contributed by atoms with van der Waals surface area (Å²) in [7, 11) is 0. The molecule has 0 aromatic heterocycles. The van der Waals surface area contributed by atoms with Crippen LogP contribution in [0.5, 0.6) is 0 Å². The average Bonchev–Trinajstić information content (AvgIpc) is 3.16. The van der Waals surface area contributed by atoms with Crippen LogP contribution in [0.2, 0.25) is 5.02 Å². The van der Waals surface area contributed by atoms with Crippen LogP contribution in [-0.4, -0.2) is 43.4 Å². The summed E-state index contributed by atoms with van der Waals surface area (Å²) in [6.45, 7) is 5.15. The average molecular weight is 567 g/mol. The van der Waals surface area contributed by atoms with Crippen LogP contribution in [0.25, 0.3) is 0 Å². The normalized spacial score (nSPS) is 20.2. The Kier molecular flexibility index (Phi) is 7.27. The minimum absolute atomic E-state index is 0.00836. The Morgan fingerprint density at radius 1 is 0.975 bits per heavy atom. The molecule has 3 aliphatic rings. The zero-order valence-electron chi connectivity index (χ0n) is 22.4. The van der Waals surface area contributed by atoms with Crippen molar-refractivity contribution in [2.45, 2.75) is 45.6 Å². The van der Waals surface area contributed by atoms with Crippen LogP contribution in [0, 0.1) is 5.82 Å². The Morgan fingerprint density at radius 2 is 1.65 bits per heavy atom. The highest BCUT2D eigenvalue weighted by Crippen LogP contribution is 2.57. The van der Waals surface area contributed by atoms with E-state index in [4.69, 9.17) is 21.1 Å². The van der Waals surface area contributed by atoms with Crippen LogP contribution in [0.3, 0.4) is 0 Å². The molecule has 2 aromatic rings. The third-order valence-electron chi connectivity index (χ3n) is 7.41. The molecule has 0 saturated carbocycles. The van der Waals surface area contributed by atoms with Crippen molar-refractivity contribution >= 4 is 46.6 Å². The van der Waals surface area contributed by atoms with Gasteiger partial charge in [-0.1, -0.05) is 11.6 Å². The second-order valence-electron chi connectivity index (χ2n) is 9.52. The smallest absolute Gasteiger partial charge is 0.339 e. The number of allylic oxidation sites excluding steroid dienone is 1. The van der Waals surface area contributed by atoms with Crippen molar-refractivity contribution < 1.29 is 33.0 Å². The van der Waals surface area contributed by atoms with Gasteiger partial charge < -0.3 is 19.3 Å². The number of ketones is 1. The Bertz CT molecular complexity index is 1500. The second-order valence-corrected chi connectivity index (χ2v) is 9.96. The van der Waals surface area contributed by atoms with Crippen molar-refractivity contribution in [2.75, 3.05) is 29.6 Å². The van der Waals surface area contributed by atoms with E-state index in [0.29, 0.717) is 40.5 Å². The van der Waals surface area contributed by atoms with E-state index in [-0.39, 0.29) is 48.7 Å². The number of rotatable bonds is 6. The van der Waals surface area contributed by atoms with Gasteiger partial charge in [-0.05, 0) is 76.1 Å². The van der Waals surface area contributed by atoms with Gasteiger partial charge in [0.1, 0.15) is 5.82 Å². The fourth-order valence-corrected chi connectivity index (χ4v) is 6.15. The molecular weight excluding hydrogens is 539 g/mol. The Balaban J connectivity index is 2.02. The number of fused-ring (bicyclic) bond motifs is 2. The summed E-state index contributed by atoms with van der Waals surface area (Å²) < 4.78 is 25.0. The standard InChI is InChI=1S/C30H28ClFN2O6/c1-4-33-21-15-10-17(31)16-20(21)30(29(33)38)26(28(37)40-6-3)25(27(36)39-5-2)24-22(8-7-9-23(24)35)34(30)19-13-11-18(32)12-14-19/h10-16H,4-9H2,1-3H3. The highest BCUT2D eigenvalue weighted by atomic mass is 35.5. The van der Waals surface area contributed by atoms with Crippen molar-refractivity contribution in [1.29, 1.82) is 0 Å². The first kappa shape index (κ1) is 27.6. The number of hydrogen-bond acceptors (Lipinski definition) is 7. The molecular formula is C30H28ClFN2O6. The maximum atomic E-state index is 14.8. The van der Waals surface area contributed by atoms with Crippen molar-refractivity contribution in [3.63, 3.8) is 0 Å². The zero-order chi connectivity index (χ0) is 28.8. The predicted octanol–water partition coefficient (Wildman–Crippen LogP) is 4.99. The number of hydrogen-bond donors (Lipinski definition) is 0. The molecule has 40 heavy (non-hydrogen) atoms. The fraction of sp³-hybridized carbons (Fsp3) is 0.333. The lowest BCUT2D eigenvalue weighted by Gasteiger charge is -2.48. The van der Waals surface area contributed by atoms with Gasteiger partial charge in [0.2, 0.25) is 0 Å². The van der Waals surface area contributed by atoms with Gasteiger partial charge in [0.15, 0.2) is 11.3 Å². The van der Waals surface area contributed by atoms with Gasteiger partial charge in [-0.15, -0.1) is 0 Å². The molecule has 2 aromatic carbocycles. The van der Waals surface area contributed by atoms with Crippen LogP contribution in [0.4, 0.5) is 15.8 Å². The molecule has 208 valence electrons. The van der Waals surface area contributed by atoms with Crippen molar-refractivity contribution in [2.24, 2.45) is 0 Å². The van der Waals surface area contributed by atoms with Gasteiger partial charge in [-0.3, -0.25) is 9.59 Å². The van der Waals surface area contributed by atoms with Crippen molar-refractivity contribution in [3.05, 3.63) is 81.3 Å². The summed E-state index contributed by atoms with van der Waals surface area (Å²) in [4.78, 5) is 59.2. The van der Waals surface area contributed by atoms with E-state index >= 15 is 0 Å². The topological polar surface area (TPSA) is 93.2 Å². The monoisotopic (exact) mass is 566 g/mol. The van der Waals surface area contributed by atoms with Gasteiger partial charge in [-0.25, -0.2) is 14.0 Å². The van der Waals surface area contributed by atoms with Crippen LogP contribution in [0.1, 0.15) is 45.6 Å². The van der Waals surface area contributed by atoms with Crippen LogP contribution < -0.4 is 9.80 Å². The Morgan fingerprint density at radius 3 is 2.30 bits per heavy atom. The van der Waals surface area contributed by atoms with E-state index in [0.717, 1.165) is 0 Å². The predicted molar refractivity (Wildman–Crippen MR) is 146 cm³/mol. The van der Waals surface area contributed by atoms with Gasteiger partial charge in [-0.2, -0.15) is 0 Å². The first-order valence-electron chi connectivity index (χ1n) is 13.3. The number of likely N-dealkylation sites (N-methyl/N-ethyl adjacent to an activating group) is 1. The number of carbonyl (C=O) groups is 4. The van der Waals surface area contributed by atoms with E-state index in [9.17, 15) is 23.6 Å². The molecule has 5 rings (SSSR count). The summed E-state index contributed by atoms with van der Waals surface area (Å²) in [6.07, 6.45) is 0.901.